The molecule has 3 fully saturated rings. The molecule has 0 unspecified atom stereocenters. The van der Waals surface area contributed by atoms with Crippen LogP contribution in [0.1, 0.15) is 113 Å². The van der Waals surface area contributed by atoms with Crippen molar-refractivity contribution in [2.75, 3.05) is 39.3 Å². The number of aromatic carboxylic acids is 1. The van der Waals surface area contributed by atoms with Crippen molar-refractivity contribution in [1.29, 1.82) is 0 Å². The number of hydrogen-bond acceptors (Lipinski definition) is 13. The predicted octanol–water partition coefficient (Wildman–Crippen LogP) is 6.90. The van der Waals surface area contributed by atoms with Crippen molar-refractivity contribution in [2.24, 2.45) is 50.2 Å². The Morgan fingerprint density at radius 3 is 1.16 bits per heavy atom. The third kappa shape index (κ3) is 10.9. The molecule has 6 heterocycles. The molecule has 19 heteroatoms. The summed E-state index contributed by atoms with van der Waals surface area (Å²) in [5.41, 5.74) is -0.664. The van der Waals surface area contributed by atoms with Gasteiger partial charge in [-0.3, -0.25) is 9.59 Å². The highest BCUT2D eigenvalue weighted by Crippen LogP contribution is 2.54. The number of nitrogens with zero attached hydrogens (tertiary/aromatic N) is 11. The van der Waals surface area contributed by atoms with E-state index in [1.54, 1.807) is 22.0 Å². The lowest BCUT2D eigenvalue weighted by Crippen LogP contribution is -2.56. The number of carbonyl (C=O) groups is 6. The molecule has 73 heavy (non-hydrogen) atoms. The maximum Gasteiger partial charge on any atom is 0.338 e. The van der Waals surface area contributed by atoms with Crippen molar-refractivity contribution < 1.29 is 33.9 Å². The molecule has 9 rings (SSSR count). The van der Waals surface area contributed by atoms with Gasteiger partial charge in [-0.05, 0) is 59.8 Å². The van der Waals surface area contributed by atoms with Crippen LogP contribution in [0.2, 0.25) is 0 Å². The summed E-state index contributed by atoms with van der Waals surface area (Å²) in [5.74, 6) is -0.808. The number of piperidine rings is 3. The van der Waals surface area contributed by atoms with Crippen LogP contribution in [-0.2, 0) is 14.4 Å². The Hall–Kier alpha value is -7.69. The molecule has 3 aromatic rings. The van der Waals surface area contributed by atoms with Gasteiger partial charge < -0.3 is 34.6 Å². The highest BCUT2D eigenvalue weighted by molar-refractivity contribution is 6.04. The molecule has 3 saturated heterocycles. The molecule has 6 atom stereocenters. The van der Waals surface area contributed by atoms with E-state index in [9.17, 15) is 28.8 Å². The number of hydrogen-bond donors (Lipinski definition) is 2. The number of Topliss-reactive ketones (excluding diaryl/α,β-unsaturated/α-hetero) is 3. The van der Waals surface area contributed by atoms with Crippen LogP contribution in [0.25, 0.3) is 14.5 Å². The fourth-order valence-electron chi connectivity index (χ4n) is 12.3. The first-order chi connectivity index (χ1) is 34.3. The highest BCUT2D eigenvalue weighted by atomic mass is 16.4. The van der Waals surface area contributed by atoms with Gasteiger partial charge in [0.2, 0.25) is 17.1 Å². The van der Waals surface area contributed by atoms with Crippen LogP contribution < -0.4 is 5.32 Å². The van der Waals surface area contributed by atoms with Gasteiger partial charge in [0.15, 0.2) is 17.3 Å². The van der Waals surface area contributed by atoms with Crippen LogP contribution in [-0.4, -0.2) is 119 Å². The SMILES string of the molecule is O=C(O)c1cncnc1.[C-]#[N+]C1=C[C@@]2(C)CN(C(=O)c3cncnc3)CC[C@@H]2C(C)(C)C1=O.[C-]#[N+]C1=C[C@]2(C)CN(C(=O)c3cncnc3)CC[C@H]2C(C)(C)C1=O.[C-]#[N+]C1=C[C@]2(C)CNCC[C@H]2C(C)(C)C1=O. The summed E-state index contributed by atoms with van der Waals surface area (Å²) in [6.45, 7) is 43.6. The number of carbonyl (C=O) groups excluding carboxylic acids is 5. The molecular formula is C54H62N12O7. The van der Waals surface area contributed by atoms with Crippen molar-refractivity contribution in [2.45, 2.75) is 81.6 Å². The molecule has 3 aliphatic carbocycles. The van der Waals surface area contributed by atoms with Gasteiger partial charge >= 0.3 is 5.97 Å². The van der Waals surface area contributed by atoms with E-state index in [0.717, 1.165) is 32.4 Å². The van der Waals surface area contributed by atoms with E-state index in [0.29, 0.717) is 48.9 Å². The van der Waals surface area contributed by atoms with Crippen LogP contribution in [0.4, 0.5) is 0 Å². The van der Waals surface area contributed by atoms with Crippen LogP contribution in [0.15, 0.2) is 91.5 Å². The third-order valence-corrected chi connectivity index (χ3v) is 15.8. The number of fused-ring (bicyclic) bond motifs is 3. The molecule has 19 nitrogen and oxygen atoms in total. The second-order valence-electron chi connectivity index (χ2n) is 21.9. The van der Waals surface area contributed by atoms with Gasteiger partial charge in [-0.25, -0.2) is 49.2 Å². The van der Waals surface area contributed by atoms with E-state index in [1.165, 1.54) is 56.2 Å². The molecule has 3 aliphatic heterocycles. The lowest BCUT2D eigenvalue weighted by atomic mass is 9.55. The van der Waals surface area contributed by atoms with Crippen molar-refractivity contribution in [3.63, 3.8) is 0 Å². The fraction of sp³-hybridized carbons (Fsp3) is 0.500. The van der Waals surface area contributed by atoms with Crippen molar-refractivity contribution in [3.8, 4) is 0 Å². The number of allylic oxidation sites excluding steroid dienone is 3. The summed E-state index contributed by atoms with van der Waals surface area (Å²) in [6.07, 6.45) is 20.5. The van der Waals surface area contributed by atoms with E-state index in [2.05, 4.69) is 56.7 Å². The number of aromatic nitrogens is 6. The topological polar surface area (TPSA) is 232 Å². The highest BCUT2D eigenvalue weighted by Gasteiger charge is 2.56. The average molecular weight is 991 g/mol. The molecule has 0 spiro atoms. The maximum absolute atomic E-state index is 12.7. The van der Waals surface area contributed by atoms with Gasteiger partial charge in [-0.15, -0.1) is 0 Å². The Morgan fingerprint density at radius 2 is 0.849 bits per heavy atom. The summed E-state index contributed by atoms with van der Waals surface area (Å²) in [5, 5.41) is 11.7. The molecular weight excluding hydrogens is 929 g/mol. The molecule has 6 aliphatic rings. The van der Waals surface area contributed by atoms with Gasteiger partial charge in [0.25, 0.3) is 11.8 Å². The molecule has 3 aromatic heterocycles. The van der Waals surface area contributed by atoms with Crippen LogP contribution in [0.5, 0.6) is 0 Å². The van der Waals surface area contributed by atoms with E-state index in [1.807, 2.05) is 61.5 Å². The number of likely N-dealkylation sites (tertiary alicyclic amines) is 2. The molecule has 2 N–H and O–H groups in total. The lowest BCUT2D eigenvalue weighted by molar-refractivity contribution is -0.132. The fourth-order valence-corrected chi connectivity index (χ4v) is 12.3. The lowest BCUT2D eigenvalue weighted by Gasteiger charge is -2.53. The number of amides is 2. The molecule has 2 amide bonds. The zero-order valence-corrected chi connectivity index (χ0v) is 42.8. The summed E-state index contributed by atoms with van der Waals surface area (Å²) in [6, 6.07) is 0. The van der Waals surface area contributed by atoms with Crippen LogP contribution in [0.3, 0.4) is 0 Å². The monoisotopic (exact) mass is 990 g/mol. The van der Waals surface area contributed by atoms with Crippen LogP contribution in [0, 0.1) is 70.0 Å². The Morgan fingerprint density at radius 1 is 0.534 bits per heavy atom. The normalized spacial score (nSPS) is 28.1. The van der Waals surface area contributed by atoms with Crippen molar-refractivity contribution in [3.05, 3.63) is 142 Å². The summed E-state index contributed by atoms with van der Waals surface area (Å²) < 4.78 is 0. The number of carboxylic acids is 1. The minimum absolute atomic E-state index is 0.0203. The second kappa shape index (κ2) is 21.2. The zero-order valence-electron chi connectivity index (χ0n) is 42.8. The summed E-state index contributed by atoms with van der Waals surface area (Å²) >= 11 is 0. The minimum Gasteiger partial charge on any atom is -0.478 e. The Labute approximate surface area is 426 Å². The molecule has 380 valence electrons. The quantitative estimate of drug-likeness (QED) is 0.254. The van der Waals surface area contributed by atoms with Crippen molar-refractivity contribution >= 4 is 35.1 Å². The largest absolute Gasteiger partial charge is 0.478 e. The van der Waals surface area contributed by atoms with Crippen LogP contribution >= 0.6 is 0 Å². The summed E-state index contributed by atoms with van der Waals surface area (Å²) in [7, 11) is 0. The van der Waals surface area contributed by atoms with Crippen molar-refractivity contribution in [1.82, 2.24) is 45.0 Å². The summed E-state index contributed by atoms with van der Waals surface area (Å²) in [4.78, 5) is 109. The van der Waals surface area contributed by atoms with E-state index in [-0.39, 0.29) is 74.2 Å². The van der Waals surface area contributed by atoms with Gasteiger partial charge in [-0.1, -0.05) is 80.5 Å². The second-order valence-corrected chi connectivity index (χ2v) is 21.9. The Kier molecular flexibility index (Phi) is 15.9. The average Bonchev–Trinajstić information content (AvgIpc) is 3.38. The Bertz CT molecular complexity index is 2750. The standard InChI is InChI=1S/2C18H20N4O2.C13H18N2O.C5H4N2O2/c2*1-17(2)14-5-6-22(16(24)12-8-20-11-21-9-12)10-18(14,3)7-13(19-4)15(17)23;1-12(2)10-5-6-15-8-13(10,3)7-9(14-4)11(12)16;8-5(9)4-1-6-3-7-2-4/h2*7-9,11,14H,5-6,10H2,1-3H3;7,10,15H,5-6,8H2,1-3H3;1-3H,(H,8,9)/t2*14-,18+;10-,13+;/m100./s1. The minimum atomic E-state index is -1.00. The number of rotatable bonds is 3. The number of nitrogens with one attached hydrogen (secondary N) is 1. The zero-order chi connectivity index (χ0) is 53.7. The number of ketones is 3. The van der Waals surface area contributed by atoms with E-state index < -0.39 is 22.2 Å². The predicted molar refractivity (Wildman–Crippen MR) is 267 cm³/mol. The first-order valence-corrected chi connectivity index (χ1v) is 24.0. The smallest absolute Gasteiger partial charge is 0.338 e. The molecule has 0 aromatic carbocycles. The molecule has 0 saturated carbocycles. The van der Waals surface area contributed by atoms with Gasteiger partial charge in [0.05, 0.1) is 36.4 Å². The maximum atomic E-state index is 12.7. The first kappa shape index (κ1) is 54.6. The van der Waals surface area contributed by atoms with E-state index >= 15 is 0 Å². The molecule has 0 radical (unpaired) electrons. The van der Waals surface area contributed by atoms with E-state index in [4.69, 9.17) is 24.8 Å². The third-order valence-electron chi connectivity index (χ3n) is 15.8. The van der Waals surface area contributed by atoms with Gasteiger partial charge in [0.1, 0.15) is 19.0 Å². The Balaban J connectivity index is 0.000000167. The molecule has 0 bridgehead atoms. The first-order valence-electron chi connectivity index (χ1n) is 24.0. The van der Waals surface area contributed by atoms with Gasteiger partial charge in [0, 0.05) is 86.1 Å². The van der Waals surface area contributed by atoms with Gasteiger partial charge in [-0.2, -0.15) is 0 Å². The number of carboxylic acid groups (broad SMARTS) is 1.